The summed E-state index contributed by atoms with van der Waals surface area (Å²) in [6.45, 7) is 1.05. The van der Waals surface area contributed by atoms with Gasteiger partial charge in [-0.15, -0.1) is 0 Å². The molecule has 0 heterocycles. The van der Waals surface area contributed by atoms with Crippen molar-refractivity contribution in [1.29, 1.82) is 0 Å². The molecule has 2 unspecified atom stereocenters. The van der Waals surface area contributed by atoms with Gasteiger partial charge in [-0.1, -0.05) is 24.3 Å². The van der Waals surface area contributed by atoms with Crippen molar-refractivity contribution in [1.82, 2.24) is 4.90 Å². The Morgan fingerprint density at radius 2 is 2.07 bits per heavy atom. The van der Waals surface area contributed by atoms with Gasteiger partial charge in [-0.25, -0.2) is 0 Å². The first-order valence-corrected chi connectivity index (χ1v) is 5.59. The van der Waals surface area contributed by atoms with E-state index >= 15 is 0 Å². The summed E-state index contributed by atoms with van der Waals surface area (Å²) >= 11 is 0. The Balaban J connectivity index is 2.03. The van der Waals surface area contributed by atoms with E-state index in [2.05, 4.69) is 37.2 Å². The number of aliphatic hydroxyl groups is 1. The summed E-state index contributed by atoms with van der Waals surface area (Å²) in [6.07, 6.45) is 1.86. The summed E-state index contributed by atoms with van der Waals surface area (Å²) < 4.78 is 0. The second-order valence-electron chi connectivity index (χ2n) is 4.70. The van der Waals surface area contributed by atoms with E-state index in [1.165, 1.54) is 5.56 Å². The Hall–Kier alpha value is -0.860. The van der Waals surface area contributed by atoms with E-state index in [-0.39, 0.29) is 6.10 Å². The number of nitrogens with zero attached hydrogens (tertiary/aromatic N) is 1. The van der Waals surface area contributed by atoms with Gasteiger partial charge in [0.2, 0.25) is 0 Å². The van der Waals surface area contributed by atoms with Crippen molar-refractivity contribution < 1.29 is 5.11 Å². The van der Waals surface area contributed by atoms with Crippen molar-refractivity contribution in [3.63, 3.8) is 0 Å². The standard InChI is InChI=1S/C13H19NO/c1-14(2)8-7-11-9-10-5-3-4-6-12(10)13(11)15/h3-6,11,13,15H,7-9H2,1-2H3. The lowest BCUT2D eigenvalue weighted by Crippen LogP contribution is -2.18. The van der Waals surface area contributed by atoms with Crippen molar-refractivity contribution in [3.8, 4) is 0 Å². The highest BCUT2D eigenvalue weighted by atomic mass is 16.3. The third kappa shape index (κ3) is 2.21. The molecule has 1 aliphatic rings. The minimum absolute atomic E-state index is 0.249. The van der Waals surface area contributed by atoms with Gasteiger partial charge >= 0.3 is 0 Å². The molecule has 2 rings (SSSR count). The maximum atomic E-state index is 10.1. The van der Waals surface area contributed by atoms with E-state index in [1.807, 2.05) is 6.07 Å². The Labute approximate surface area is 91.5 Å². The molecule has 2 atom stereocenters. The minimum Gasteiger partial charge on any atom is -0.388 e. The zero-order valence-electron chi connectivity index (χ0n) is 9.48. The lowest BCUT2D eigenvalue weighted by molar-refractivity contribution is 0.113. The van der Waals surface area contributed by atoms with E-state index in [1.54, 1.807) is 0 Å². The molecule has 0 aromatic heterocycles. The van der Waals surface area contributed by atoms with Crippen LogP contribution in [0.2, 0.25) is 0 Å². The van der Waals surface area contributed by atoms with Crippen LogP contribution in [0.15, 0.2) is 24.3 Å². The number of aliphatic hydroxyl groups excluding tert-OH is 1. The number of fused-ring (bicyclic) bond motifs is 1. The first kappa shape index (κ1) is 10.7. The van der Waals surface area contributed by atoms with Gasteiger partial charge < -0.3 is 10.0 Å². The zero-order valence-corrected chi connectivity index (χ0v) is 9.48. The Morgan fingerprint density at radius 1 is 1.33 bits per heavy atom. The molecule has 1 N–H and O–H groups in total. The number of benzene rings is 1. The first-order valence-electron chi connectivity index (χ1n) is 5.59. The highest BCUT2D eigenvalue weighted by molar-refractivity contribution is 5.34. The quantitative estimate of drug-likeness (QED) is 0.814. The largest absolute Gasteiger partial charge is 0.388 e. The summed E-state index contributed by atoms with van der Waals surface area (Å²) in [5, 5.41) is 10.1. The van der Waals surface area contributed by atoms with Gasteiger partial charge in [0, 0.05) is 0 Å². The van der Waals surface area contributed by atoms with Crippen LogP contribution in [0.4, 0.5) is 0 Å². The first-order chi connectivity index (χ1) is 7.18. The van der Waals surface area contributed by atoms with Crippen LogP contribution in [0.1, 0.15) is 23.7 Å². The van der Waals surface area contributed by atoms with Gasteiger partial charge in [0.1, 0.15) is 0 Å². The van der Waals surface area contributed by atoms with Crippen molar-refractivity contribution in [2.75, 3.05) is 20.6 Å². The molecule has 2 heteroatoms. The van der Waals surface area contributed by atoms with Crippen LogP contribution in [-0.2, 0) is 6.42 Å². The normalized spacial score (nSPS) is 24.5. The van der Waals surface area contributed by atoms with Crippen LogP contribution in [0.5, 0.6) is 0 Å². The third-order valence-electron chi connectivity index (χ3n) is 3.25. The summed E-state index contributed by atoms with van der Waals surface area (Å²) in [5.41, 5.74) is 2.47. The summed E-state index contributed by atoms with van der Waals surface area (Å²) in [7, 11) is 4.16. The molecule has 0 aliphatic heterocycles. The average Bonchev–Trinajstić information content (AvgIpc) is 2.54. The van der Waals surface area contributed by atoms with Gasteiger partial charge in [-0.3, -0.25) is 0 Å². The predicted molar refractivity (Wildman–Crippen MR) is 61.8 cm³/mol. The van der Waals surface area contributed by atoms with E-state index < -0.39 is 0 Å². The van der Waals surface area contributed by atoms with E-state index in [9.17, 15) is 5.11 Å². The lowest BCUT2D eigenvalue weighted by Gasteiger charge is -2.17. The van der Waals surface area contributed by atoms with E-state index in [0.29, 0.717) is 5.92 Å². The number of hydrogen-bond donors (Lipinski definition) is 1. The van der Waals surface area contributed by atoms with Gasteiger partial charge in [-0.2, -0.15) is 0 Å². The molecule has 0 spiro atoms. The lowest BCUT2D eigenvalue weighted by atomic mass is 9.99. The number of rotatable bonds is 3. The zero-order chi connectivity index (χ0) is 10.8. The molecule has 0 amide bonds. The molecule has 15 heavy (non-hydrogen) atoms. The molecule has 0 bridgehead atoms. The maximum Gasteiger partial charge on any atom is 0.0824 e. The fourth-order valence-electron chi connectivity index (χ4n) is 2.34. The molecule has 2 nitrogen and oxygen atoms in total. The molecule has 82 valence electrons. The van der Waals surface area contributed by atoms with Crippen LogP contribution < -0.4 is 0 Å². The molecule has 1 aromatic carbocycles. The average molecular weight is 205 g/mol. The smallest absolute Gasteiger partial charge is 0.0824 e. The third-order valence-corrected chi connectivity index (χ3v) is 3.25. The van der Waals surface area contributed by atoms with Crippen LogP contribution in [-0.4, -0.2) is 30.6 Å². The minimum atomic E-state index is -0.249. The van der Waals surface area contributed by atoms with Gasteiger partial charge in [0.25, 0.3) is 0 Å². The Morgan fingerprint density at radius 3 is 2.73 bits per heavy atom. The van der Waals surface area contributed by atoms with Gasteiger partial charge in [0.15, 0.2) is 0 Å². The summed E-state index contributed by atoms with van der Waals surface area (Å²) in [4.78, 5) is 2.18. The fraction of sp³-hybridized carbons (Fsp3) is 0.538. The second kappa shape index (κ2) is 4.33. The molecular weight excluding hydrogens is 186 g/mol. The van der Waals surface area contributed by atoms with Gasteiger partial charge in [-0.05, 0) is 50.5 Å². The van der Waals surface area contributed by atoms with Crippen molar-refractivity contribution >= 4 is 0 Å². The van der Waals surface area contributed by atoms with Crippen molar-refractivity contribution in [2.24, 2.45) is 5.92 Å². The van der Waals surface area contributed by atoms with Crippen LogP contribution in [0.3, 0.4) is 0 Å². The molecule has 0 radical (unpaired) electrons. The number of hydrogen-bond acceptors (Lipinski definition) is 2. The molecule has 0 fully saturated rings. The monoisotopic (exact) mass is 205 g/mol. The summed E-state index contributed by atoms with van der Waals surface area (Å²) in [6, 6.07) is 8.25. The second-order valence-corrected chi connectivity index (χ2v) is 4.70. The molecule has 1 aliphatic carbocycles. The molecule has 0 saturated heterocycles. The Bertz CT molecular complexity index is 335. The van der Waals surface area contributed by atoms with Crippen molar-refractivity contribution in [2.45, 2.75) is 18.9 Å². The van der Waals surface area contributed by atoms with Crippen LogP contribution >= 0.6 is 0 Å². The van der Waals surface area contributed by atoms with Crippen molar-refractivity contribution in [3.05, 3.63) is 35.4 Å². The fourth-order valence-corrected chi connectivity index (χ4v) is 2.34. The van der Waals surface area contributed by atoms with Crippen LogP contribution in [0.25, 0.3) is 0 Å². The highest BCUT2D eigenvalue weighted by Gasteiger charge is 2.29. The predicted octanol–water partition coefficient (Wildman–Crippen LogP) is 1.84. The molecule has 0 saturated carbocycles. The highest BCUT2D eigenvalue weighted by Crippen LogP contribution is 2.37. The molecule has 1 aromatic rings. The Kier molecular flexibility index (Phi) is 3.08. The molecular formula is C13H19NO. The topological polar surface area (TPSA) is 23.5 Å². The van der Waals surface area contributed by atoms with Crippen LogP contribution in [0, 0.1) is 5.92 Å². The summed E-state index contributed by atoms with van der Waals surface area (Å²) in [5.74, 6) is 0.407. The SMILES string of the molecule is CN(C)CCC1Cc2ccccc2C1O. The van der Waals surface area contributed by atoms with E-state index in [0.717, 1.165) is 24.9 Å². The van der Waals surface area contributed by atoms with E-state index in [4.69, 9.17) is 0 Å². The maximum absolute atomic E-state index is 10.1. The van der Waals surface area contributed by atoms with Gasteiger partial charge in [0.05, 0.1) is 6.10 Å².